The number of carbonyl (C=O) groups excluding carboxylic acids is 1. The molecule has 4 heteroatoms. The molecule has 0 saturated carbocycles. The van der Waals surface area contributed by atoms with Crippen LogP contribution in [0.1, 0.15) is 34.0 Å². The molecule has 0 fully saturated rings. The smallest absolute Gasteiger partial charge is 0.337 e. The maximum Gasteiger partial charge on any atom is 0.337 e. The van der Waals surface area contributed by atoms with Crippen molar-refractivity contribution in [1.29, 1.82) is 0 Å². The lowest BCUT2D eigenvalue weighted by Crippen LogP contribution is -2.27. The van der Waals surface area contributed by atoms with Gasteiger partial charge in [-0.15, -0.1) is 0 Å². The van der Waals surface area contributed by atoms with E-state index in [1.807, 2.05) is 42.5 Å². The summed E-state index contributed by atoms with van der Waals surface area (Å²) in [6, 6.07) is 14.8. The molecule has 0 aromatic heterocycles. The molecule has 1 N–H and O–H groups in total. The molecule has 2 aromatic carbocycles. The second-order valence-corrected chi connectivity index (χ2v) is 5.43. The Morgan fingerprint density at radius 2 is 2.09 bits per heavy atom. The summed E-state index contributed by atoms with van der Waals surface area (Å²) in [5.41, 5.74) is 2.35. The van der Waals surface area contributed by atoms with Gasteiger partial charge in [-0.3, -0.25) is 0 Å². The number of para-hydroxylation sites is 1. The number of carbonyl (C=O) groups is 1. The van der Waals surface area contributed by atoms with Crippen molar-refractivity contribution >= 4 is 5.97 Å². The van der Waals surface area contributed by atoms with E-state index in [1.54, 1.807) is 6.07 Å². The SMILES string of the molecule is COC(=O)c1cccc(CC2CC(O)c3ccccc3O2)c1. The van der Waals surface area contributed by atoms with Crippen LogP contribution in [0.4, 0.5) is 0 Å². The second kappa shape index (κ2) is 6.20. The van der Waals surface area contributed by atoms with Crippen LogP contribution in [-0.2, 0) is 11.2 Å². The van der Waals surface area contributed by atoms with Gasteiger partial charge < -0.3 is 14.6 Å². The maximum absolute atomic E-state index is 11.6. The fourth-order valence-corrected chi connectivity index (χ4v) is 2.80. The van der Waals surface area contributed by atoms with E-state index in [9.17, 15) is 9.90 Å². The summed E-state index contributed by atoms with van der Waals surface area (Å²) >= 11 is 0. The van der Waals surface area contributed by atoms with E-state index in [-0.39, 0.29) is 12.1 Å². The van der Waals surface area contributed by atoms with E-state index >= 15 is 0 Å². The van der Waals surface area contributed by atoms with E-state index in [0.29, 0.717) is 18.4 Å². The summed E-state index contributed by atoms with van der Waals surface area (Å²) in [6.45, 7) is 0. The summed E-state index contributed by atoms with van der Waals surface area (Å²) in [7, 11) is 1.37. The number of hydrogen-bond donors (Lipinski definition) is 1. The summed E-state index contributed by atoms with van der Waals surface area (Å²) in [4.78, 5) is 11.6. The molecule has 1 aliphatic rings. The van der Waals surface area contributed by atoms with Crippen LogP contribution in [0.2, 0.25) is 0 Å². The molecule has 0 spiro atoms. The van der Waals surface area contributed by atoms with Crippen molar-refractivity contribution in [2.45, 2.75) is 25.0 Å². The average Bonchev–Trinajstić information content (AvgIpc) is 2.54. The fourth-order valence-electron chi connectivity index (χ4n) is 2.80. The third-order valence-electron chi connectivity index (χ3n) is 3.87. The minimum atomic E-state index is -0.515. The van der Waals surface area contributed by atoms with Gasteiger partial charge in [0.05, 0.1) is 18.8 Å². The molecule has 0 radical (unpaired) electrons. The number of methoxy groups -OCH3 is 1. The molecule has 1 aliphatic heterocycles. The van der Waals surface area contributed by atoms with E-state index in [0.717, 1.165) is 16.9 Å². The van der Waals surface area contributed by atoms with Crippen molar-refractivity contribution in [2.24, 2.45) is 0 Å². The van der Waals surface area contributed by atoms with Crippen LogP contribution < -0.4 is 4.74 Å². The van der Waals surface area contributed by atoms with Crippen molar-refractivity contribution in [1.82, 2.24) is 0 Å². The average molecular weight is 298 g/mol. The van der Waals surface area contributed by atoms with E-state index in [1.165, 1.54) is 7.11 Å². The Bertz CT molecular complexity index is 680. The van der Waals surface area contributed by atoms with Crippen LogP contribution in [0.25, 0.3) is 0 Å². The predicted molar refractivity (Wildman–Crippen MR) is 81.9 cm³/mol. The van der Waals surface area contributed by atoms with Crippen LogP contribution in [0.5, 0.6) is 5.75 Å². The molecule has 1 heterocycles. The molecule has 4 nitrogen and oxygen atoms in total. The molecule has 0 bridgehead atoms. The third kappa shape index (κ3) is 2.97. The van der Waals surface area contributed by atoms with Gasteiger partial charge in [0.25, 0.3) is 0 Å². The van der Waals surface area contributed by atoms with Crippen molar-refractivity contribution < 1.29 is 19.4 Å². The Morgan fingerprint density at radius 1 is 1.27 bits per heavy atom. The van der Waals surface area contributed by atoms with Crippen LogP contribution in [0.3, 0.4) is 0 Å². The molecule has 0 saturated heterocycles. The molecule has 22 heavy (non-hydrogen) atoms. The van der Waals surface area contributed by atoms with E-state index < -0.39 is 6.10 Å². The number of benzene rings is 2. The standard InChI is InChI=1S/C18H18O4/c1-21-18(20)13-6-4-5-12(9-13)10-14-11-16(19)15-7-2-3-8-17(15)22-14/h2-9,14,16,19H,10-11H2,1H3. The number of fused-ring (bicyclic) bond motifs is 1. The topological polar surface area (TPSA) is 55.8 Å². The number of ether oxygens (including phenoxy) is 2. The Labute approximate surface area is 129 Å². The monoisotopic (exact) mass is 298 g/mol. The Balaban J connectivity index is 1.76. The Morgan fingerprint density at radius 3 is 2.91 bits per heavy atom. The molecule has 2 aromatic rings. The quantitative estimate of drug-likeness (QED) is 0.885. The summed E-state index contributed by atoms with van der Waals surface area (Å²) in [5.74, 6) is 0.382. The Hall–Kier alpha value is -2.33. The van der Waals surface area contributed by atoms with Gasteiger partial charge in [0.1, 0.15) is 11.9 Å². The zero-order valence-corrected chi connectivity index (χ0v) is 12.4. The molecule has 2 unspecified atom stereocenters. The molecule has 0 aliphatic carbocycles. The van der Waals surface area contributed by atoms with E-state index in [4.69, 9.17) is 9.47 Å². The van der Waals surface area contributed by atoms with Crippen molar-refractivity contribution in [3.05, 3.63) is 65.2 Å². The van der Waals surface area contributed by atoms with E-state index in [2.05, 4.69) is 0 Å². The van der Waals surface area contributed by atoms with Crippen LogP contribution in [-0.4, -0.2) is 24.3 Å². The molecular formula is C18H18O4. The number of hydrogen-bond acceptors (Lipinski definition) is 4. The third-order valence-corrected chi connectivity index (χ3v) is 3.87. The van der Waals surface area contributed by atoms with Gasteiger partial charge in [-0.05, 0) is 23.8 Å². The summed E-state index contributed by atoms with van der Waals surface area (Å²) in [5, 5.41) is 10.2. The van der Waals surface area contributed by atoms with Gasteiger partial charge in [0.2, 0.25) is 0 Å². The lowest BCUT2D eigenvalue weighted by molar-refractivity contribution is 0.0597. The number of aliphatic hydroxyl groups is 1. The fraction of sp³-hybridized carbons (Fsp3) is 0.278. The summed E-state index contributed by atoms with van der Waals surface area (Å²) in [6.07, 6.45) is 0.548. The van der Waals surface area contributed by atoms with Gasteiger partial charge in [-0.25, -0.2) is 4.79 Å². The highest BCUT2D eigenvalue weighted by Gasteiger charge is 2.26. The first-order valence-electron chi connectivity index (χ1n) is 7.28. The summed E-state index contributed by atoms with van der Waals surface area (Å²) < 4.78 is 10.7. The van der Waals surface area contributed by atoms with Crippen molar-refractivity contribution in [3.8, 4) is 5.75 Å². The molecule has 114 valence electrons. The zero-order valence-electron chi connectivity index (χ0n) is 12.4. The minimum Gasteiger partial charge on any atom is -0.490 e. The maximum atomic E-state index is 11.6. The van der Waals surface area contributed by atoms with Gasteiger partial charge in [0, 0.05) is 18.4 Å². The number of esters is 1. The first kappa shape index (κ1) is 14.6. The van der Waals surface area contributed by atoms with Crippen molar-refractivity contribution in [3.63, 3.8) is 0 Å². The lowest BCUT2D eigenvalue weighted by Gasteiger charge is -2.29. The lowest BCUT2D eigenvalue weighted by atomic mass is 9.95. The highest BCUT2D eigenvalue weighted by molar-refractivity contribution is 5.89. The van der Waals surface area contributed by atoms with Gasteiger partial charge in [0.15, 0.2) is 0 Å². The molecule has 0 amide bonds. The first-order valence-corrected chi connectivity index (χ1v) is 7.28. The molecule has 3 rings (SSSR count). The first-order chi connectivity index (χ1) is 10.7. The predicted octanol–water partition coefficient (Wildman–Crippen LogP) is 2.90. The van der Waals surface area contributed by atoms with Crippen LogP contribution in [0.15, 0.2) is 48.5 Å². The van der Waals surface area contributed by atoms with Gasteiger partial charge >= 0.3 is 5.97 Å². The molecular weight excluding hydrogens is 280 g/mol. The largest absolute Gasteiger partial charge is 0.490 e. The highest BCUT2D eigenvalue weighted by Crippen LogP contribution is 2.35. The number of aliphatic hydroxyl groups excluding tert-OH is 1. The van der Waals surface area contributed by atoms with Gasteiger partial charge in [-0.1, -0.05) is 30.3 Å². The number of rotatable bonds is 3. The van der Waals surface area contributed by atoms with Crippen LogP contribution in [0, 0.1) is 0 Å². The second-order valence-electron chi connectivity index (χ2n) is 5.43. The minimum absolute atomic E-state index is 0.113. The van der Waals surface area contributed by atoms with Crippen LogP contribution >= 0.6 is 0 Å². The van der Waals surface area contributed by atoms with Gasteiger partial charge in [-0.2, -0.15) is 0 Å². The normalized spacial score (nSPS) is 19.9. The highest BCUT2D eigenvalue weighted by atomic mass is 16.5. The Kier molecular flexibility index (Phi) is 4.11. The molecule has 2 atom stereocenters. The van der Waals surface area contributed by atoms with Crippen molar-refractivity contribution in [2.75, 3.05) is 7.11 Å². The zero-order chi connectivity index (χ0) is 15.5.